The first kappa shape index (κ1) is 50.9. The molecule has 0 saturated carbocycles. The maximum atomic E-state index is 15.4. The summed E-state index contributed by atoms with van der Waals surface area (Å²) in [6, 6.07) is 24.1. The number of halogens is 10. The molecule has 0 radical (unpaired) electrons. The lowest BCUT2D eigenvalue weighted by Crippen LogP contribution is -2.44. The number of alkyl halides is 6. The molecule has 18 heteroatoms. The predicted octanol–water partition coefficient (Wildman–Crippen LogP) is 15.3. The van der Waals surface area contributed by atoms with Gasteiger partial charge in [0.25, 0.3) is 0 Å². The van der Waals surface area contributed by atoms with Gasteiger partial charge in [-0.2, -0.15) is 26.3 Å². The van der Waals surface area contributed by atoms with E-state index in [-0.39, 0.29) is 51.8 Å². The lowest BCUT2D eigenvalue weighted by Gasteiger charge is -2.36. The third-order valence-electron chi connectivity index (χ3n) is 11.4. The van der Waals surface area contributed by atoms with Crippen LogP contribution in [0.3, 0.4) is 0 Å². The normalized spacial score (nSPS) is 14.3. The quantitative estimate of drug-likeness (QED) is 0.0540. The van der Waals surface area contributed by atoms with Crippen LogP contribution in [0.5, 0.6) is 0 Å². The highest BCUT2D eigenvalue weighted by Gasteiger charge is 2.42. The van der Waals surface area contributed by atoms with Gasteiger partial charge in [-0.3, -0.25) is 9.98 Å². The zero-order chi connectivity index (χ0) is 49.7. The van der Waals surface area contributed by atoms with E-state index in [0.29, 0.717) is 45.6 Å². The van der Waals surface area contributed by atoms with Crippen molar-refractivity contribution in [2.45, 2.75) is 69.9 Å². The number of rotatable bonds is 17. The van der Waals surface area contributed by atoms with Crippen LogP contribution in [0.25, 0.3) is 0 Å². The van der Waals surface area contributed by atoms with Crippen molar-refractivity contribution in [2.24, 2.45) is 4.99 Å². The van der Waals surface area contributed by atoms with E-state index in [1.807, 2.05) is 24.4 Å². The van der Waals surface area contributed by atoms with Gasteiger partial charge in [-0.25, -0.2) is 18.7 Å². The first-order valence-corrected chi connectivity index (χ1v) is 23.6. The number of anilines is 2. The Morgan fingerprint density at radius 3 is 2.01 bits per heavy atom. The molecular formula is C51H42Cl2F8N6S2. The van der Waals surface area contributed by atoms with Crippen molar-refractivity contribution >= 4 is 61.9 Å². The maximum absolute atomic E-state index is 15.4. The molecule has 0 fully saturated rings. The Bertz CT molecular complexity index is 3010. The van der Waals surface area contributed by atoms with Crippen LogP contribution in [0.1, 0.15) is 74.8 Å². The van der Waals surface area contributed by atoms with Gasteiger partial charge < -0.3 is 10.6 Å². The van der Waals surface area contributed by atoms with Crippen molar-refractivity contribution in [3.8, 4) is 0 Å². The number of pyridine rings is 1. The smallest absolute Gasteiger partial charge is 0.346 e. The van der Waals surface area contributed by atoms with Crippen LogP contribution in [-0.4, -0.2) is 20.7 Å². The van der Waals surface area contributed by atoms with Gasteiger partial charge in [0.15, 0.2) is 10.3 Å². The number of aryl methyl sites for hydroxylation is 2. The summed E-state index contributed by atoms with van der Waals surface area (Å²) in [5.74, 6) is -2.21. The highest BCUT2D eigenvalue weighted by atomic mass is 35.5. The van der Waals surface area contributed by atoms with Crippen molar-refractivity contribution < 1.29 is 35.1 Å². The molecule has 0 aliphatic rings. The predicted molar refractivity (Wildman–Crippen MR) is 260 cm³/mol. The van der Waals surface area contributed by atoms with Crippen molar-refractivity contribution in [1.82, 2.24) is 15.0 Å². The average Bonchev–Trinajstić information content (AvgIpc) is 3.91. The lowest BCUT2D eigenvalue weighted by molar-refractivity contribution is -0.138. The standard InChI is InChI=1S/C51H42Cl2F8N6S2/c1-5-39(52)27-62-31(4)48(25-32-11-8-7-9-12-32,35-19-37(50(56,57)58)23-41(54)21-35)67-47-64-30(3)44(69-47)18-33-13-10-14-34(17-33)26-49(45-16-15-40(53)28-63-45,66-46-65-43(6-2)29-68-46)36-20-38(51(59,60)61)24-42(55)22-36/h5,7-17,19-24,27-29H,1,6,18,25-26H2,2-4H3,(H,64,67)(H,65,66)/b39-27+,62-31?. The van der Waals surface area contributed by atoms with E-state index in [1.54, 1.807) is 68.4 Å². The van der Waals surface area contributed by atoms with E-state index in [0.717, 1.165) is 40.4 Å². The fourth-order valence-electron chi connectivity index (χ4n) is 7.90. The highest BCUT2D eigenvalue weighted by Crippen LogP contribution is 2.42. The molecule has 0 amide bonds. The van der Waals surface area contributed by atoms with Gasteiger partial charge >= 0.3 is 12.4 Å². The second-order valence-electron chi connectivity index (χ2n) is 16.2. The Kier molecular flexibility index (Phi) is 15.5. The number of aromatic nitrogens is 3. The van der Waals surface area contributed by atoms with Gasteiger partial charge in [-0.1, -0.05) is 91.3 Å². The molecule has 358 valence electrons. The van der Waals surface area contributed by atoms with Crippen LogP contribution < -0.4 is 10.6 Å². The highest BCUT2D eigenvalue weighted by molar-refractivity contribution is 7.15. The fourth-order valence-corrected chi connectivity index (χ4v) is 10.0. The molecule has 7 rings (SSSR count). The van der Waals surface area contributed by atoms with Crippen molar-refractivity contribution in [3.05, 3.63) is 216 Å². The van der Waals surface area contributed by atoms with Gasteiger partial charge in [0, 0.05) is 47.6 Å². The number of benzene rings is 4. The molecule has 69 heavy (non-hydrogen) atoms. The summed E-state index contributed by atoms with van der Waals surface area (Å²) < 4.78 is 117. The molecule has 0 spiro atoms. The van der Waals surface area contributed by atoms with Gasteiger partial charge in [0.2, 0.25) is 0 Å². The van der Waals surface area contributed by atoms with E-state index >= 15 is 8.78 Å². The van der Waals surface area contributed by atoms with E-state index in [9.17, 15) is 26.3 Å². The molecule has 2 atom stereocenters. The minimum Gasteiger partial charge on any atom is -0.346 e. The SMILES string of the molecule is C=C/C(Cl)=C\N=C(C)C(Cc1ccccc1)(Nc1nc(C)c(Cc2cccc(CC(Nc3nc(CC)cs3)(c3cc(F)cc(C(F)(F)F)c3)c3ccc(Cl)cn3)c2)s1)c1cc(F)cc(C(F)(F)F)c1. The number of hydrogen-bond donors (Lipinski definition) is 2. The number of thiazole rings is 2. The van der Waals surface area contributed by atoms with Crippen molar-refractivity contribution in [1.29, 1.82) is 0 Å². The van der Waals surface area contributed by atoms with Gasteiger partial charge in [0.05, 0.1) is 38.3 Å². The lowest BCUT2D eigenvalue weighted by atomic mass is 9.79. The molecule has 3 aromatic heterocycles. The third-order valence-corrected chi connectivity index (χ3v) is 13.7. The van der Waals surface area contributed by atoms with Crippen LogP contribution in [0.2, 0.25) is 5.02 Å². The third kappa shape index (κ3) is 12.1. The van der Waals surface area contributed by atoms with Crippen molar-refractivity contribution in [2.75, 3.05) is 10.6 Å². The van der Waals surface area contributed by atoms with E-state index in [2.05, 4.69) is 32.2 Å². The van der Waals surface area contributed by atoms with E-state index in [1.165, 1.54) is 41.1 Å². The number of nitrogens with one attached hydrogen (secondary N) is 2. The van der Waals surface area contributed by atoms with Crippen LogP contribution >= 0.6 is 45.9 Å². The zero-order valence-corrected chi connectivity index (χ0v) is 40.2. The molecule has 6 nitrogen and oxygen atoms in total. The zero-order valence-electron chi connectivity index (χ0n) is 37.0. The van der Waals surface area contributed by atoms with E-state index in [4.69, 9.17) is 28.2 Å². The van der Waals surface area contributed by atoms with Crippen LogP contribution in [-0.2, 0) is 49.1 Å². The molecule has 0 saturated heterocycles. The maximum Gasteiger partial charge on any atom is 0.416 e. The molecular weight excluding hydrogens is 984 g/mol. The summed E-state index contributed by atoms with van der Waals surface area (Å²) in [6.07, 6.45) is -4.89. The molecule has 2 N–H and O–H groups in total. The molecule has 4 aromatic carbocycles. The first-order valence-electron chi connectivity index (χ1n) is 21.2. The topological polar surface area (TPSA) is 75.1 Å². The van der Waals surface area contributed by atoms with Gasteiger partial charge in [-0.15, -0.1) is 22.7 Å². The summed E-state index contributed by atoms with van der Waals surface area (Å²) in [5.41, 5.74) is -1.86. The van der Waals surface area contributed by atoms with Crippen molar-refractivity contribution in [3.63, 3.8) is 0 Å². The monoisotopic (exact) mass is 1020 g/mol. The largest absolute Gasteiger partial charge is 0.416 e. The number of allylic oxidation sites excluding steroid dienone is 2. The van der Waals surface area contributed by atoms with Crippen LogP contribution in [0, 0.1) is 18.6 Å². The van der Waals surface area contributed by atoms with Gasteiger partial charge in [-0.05, 0) is 103 Å². The van der Waals surface area contributed by atoms with Gasteiger partial charge in [0.1, 0.15) is 22.7 Å². The molecule has 0 bridgehead atoms. The summed E-state index contributed by atoms with van der Waals surface area (Å²) in [7, 11) is 0. The molecule has 2 unspecified atom stereocenters. The van der Waals surface area contributed by atoms with Crippen LogP contribution in [0.4, 0.5) is 45.4 Å². The number of aliphatic imine (C=N–C) groups is 1. The van der Waals surface area contributed by atoms with Crippen LogP contribution in [0.15, 0.2) is 144 Å². The second-order valence-corrected chi connectivity index (χ2v) is 19.0. The molecule has 0 aliphatic heterocycles. The number of nitrogens with zero attached hydrogens (tertiary/aromatic N) is 4. The first-order chi connectivity index (χ1) is 32.7. The minimum atomic E-state index is -4.88. The summed E-state index contributed by atoms with van der Waals surface area (Å²) in [5, 5.41) is 9.67. The Morgan fingerprint density at radius 1 is 0.754 bits per heavy atom. The second kappa shape index (κ2) is 21.0. The number of hydrogen-bond acceptors (Lipinski definition) is 8. The minimum absolute atomic E-state index is 0.00820. The molecule has 7 aromatic rings. The summed E-state index contributed by atoms with van der Waals surface area (Å²) >= 11 is 15.0. The molecule has 3 heterocycles. The Hall–Kier alpha value is -5.94. The summed E-state index contributed by atoms with van der Waals surface area (Å²) in [4.78, 5) is 19.4. The fraction of sp³-hybridized carbons (Fsp3) is 0.216. The Morgan fingerprint density at radius 2 is 1.39 bits per heavy atom. The molecule has 0 aliphatic carbocycles. The average molecular weight is 1030 g/mol. The summed E-state index contributed by atoms with van der Waals surface area (Å²) in [6.45, 7) is 8.94. The van der Waals surface area contributed by atoms with E-state index < -0.39 is 46.2 Å². The Balaban J connectivity index is 1.32. The Labute approximate surface area is 411 Å².